The first-order valence-corrected chi connectivity index (χ1v) is 8.41. The fourth-order valence-electron chi connectivity index (χ4n) is 3.38. The van der Waals surface area contributed by atoms with Crippen LogP contribution >= 0.6 is 0 Å². The number of carbonyl (C=O) groups excluding carboxylic acids is 1. The van der Waals surface area contributed by atoms with Gasteiger partial charge in [0.1, 0.15) is 0 Å². The van der Waals surface area contributed by atoms with Crippen LogP contribution in [0.15, 0.2) is 54.6 Å². The van der Waals surface area contributed by atoms with Gasteiger partial charge >= 0.3 is 5.97 Å². The molecule has 1 heterocycles. The van der Waals surface area contributed by atoms with Gasteiger partial charge in [-0.15, -0.1) is 0 Å². The Bertz CT molecular complexity index is 761. The average molecular weight is 338 g/mol. The van der Waals surface area contributed by atoms with E-state index in [1.54, 1.807) is 25.1 Å². The molecule has 1 fully saturated rings. The second kappa shape index (κ2) is 7.49. The minimum absolute atomic E-state index is 0.0232. The number of nitrogens with zero attached hydrogens (tertiary/aromatic N) is 2. The molecular formula is C20H22N2O3. The Labute approximate surface area is 147 Å². The zero-order valence-corrected chi connectivity index (χ0v) is 14.3. The van der Waals surface area contributed by atoms with Gasteiger partial charge in [-0.05, 0) is 23.3 Å². The van der Waals surface area contributed by atoms with Gasteiger partial charge in [0.05, 0.1) is 11.6 Å². The molecule has 2 aromatic rings. The van der Waals surface area contributed by atoms with Crippen LogP contribution < -0.4 is 0 Å². The number of carboxylic acids is 1. The number of carboxylic acid groups (broad SMARTS) is 1. The standard InChI is InChI=1S/C20H22N2O3/c1-15(23)22-11-10-21(14-19(22)17-7-3-2-4-8-17)13-16-6-5-9-18(12-16)20(24)25/h2-9,12,19H,10-11,13-14H2,1H3,(H,24,25). The number of amides is 1. The first kappa shape index (κ1) is 17.2. The van der Waals surface area contributed by atoms with Crippen molar-refractivity contribution in [1.82, 2.24) is 9.80 Å². The topological polar surface area (TPSA) is 60.9 Å². The third kappa shape index (κ3) is 4.06. The van der Waals surface area contributed by atoms with Gasteiger partial charge in [-0.3, -0.25) is 9.69 Å². The number of aromatic carboxylic acids is 1. The molecule has 1 unspecified atom stereocenters. The monoisotopic (exact) mass is 338 g/mol. The molecule has 5 nitrogen and oxygen atoms in total. The van der Waals surface area contributed by atoms with Crippen LogP contribution in [-0.2, 0) is 11.3 Å². The van der Waals surface area contributed by atoms with E-state index in [4.69, 9.17) is 5.11 Å². The van der Waals surface area contributed by atoms with Crippen molar-refractivity contribution in [3.63, 3.8) is 0 Å². The first-order chi connectivity index (χ1) is 12.0. The molecule has 0 radical (unpaired) electrons. The Morgan fingerprint density at radius 2 is 1.84 bits per heavy atom. The van der Waals surface area contributed by atoms with Crippen LogP contribution in [0.3, 0.4) is 0 Å². The smallest absolute Gasteiger partial charge is 0.335 e. The molecule has 1 amide bonds. The molecule has 0 aliphatic carbocycles. The zero-order chi connectivity index (χ0) is 17.8. The lowest BCUT2D eigenvalue weighted by atomic mass is 10.0. The number of carbonyl (C=O) groups is 2. The van der Waals surface area contributed by atoms with Crippen LogP contribution in [0.1, 0.15) is 34.5 Å². The van der Waals surface area contributed by atoms with E-state index in [2.05, 4.69) is 17.0 Å². The third-order valence-electron chi connectivity index (χ3n) is 4.63. The van der Waals surface area contributed by atoms with Crippen molar-refractivity contribution in [2.75, 3.05) is 19.6 Å². The van der Waals surface area contributed by atoms with Gasteiger partial charge in [0.2, 0.25) is 5.91 Å². The number of piperazine rings is 1. The number of hydrogen-bond acceptors (Lipinski definition) is 3. The number of benzene rings is 2. The minimum atomic E-state index is -0.912. The zero-order valence-electron chi connectivity index (χ0n) is 14.3. The van der Waals surface area contributed by atoms with Crippen LogP contribution in [0.5, 0.6) is 0 Å². The highest BCUT2D eigenvalue weighted by Crippen LogP contribution is 2.26. The second-order valence-electron chi connectivity index (χ2n) is 6.38. The Morgan fingerprint density at radius 1 is 1.08 bits per heavy atom. The molecule has 1 aliphatic heterocycles. The predicted octanol–water partition coefficient (Wildman–Crippen LogP) is 2.79. The molecule has 1 aliphatic rings. The molecule has 1 N–H and O–H groups in total. The van der Waals surface area contributed by atoms with Gasteiger partial charge in [-0.2, -0.15) is 0 Å². The van der Waals surface area contributed by atoms with Gasteiger partial charge in [0.25, 0.3) is 0 Å². The first-order valence-electron chi connectivity index (χ1n) is 8.41. The Morgan fingerprint density at radius 3 is 2.52 bits per heavy atom. The van der Waals surface area contributed by atoms with Crippen LogP contribution in [0, 0.1) is 0 Å². The third-order valence-corrected chi connectivity index (χ3v) is 4.63. The summed E-state index contributed by atoms with van der Waals surface area (Å²) in [5.41, 5.74) is 2.41. The van der Waals surface area contributed by atoms with E-state index >= 15 is 0 Å². The van der Waals surface area contributed by atoms with Crippen molar-refractivity contribution in [3.05, 3.63) is 71.3 Å². The average Bonchev–Trinajstić information content (AvgIpc) is 2.62. The predicted molar refractivity (Wildman–Crippen MR) is 95.2 cm³/mol. The van der Waals surface area contributed by atoms with E-state index in [0.717, 1.165) is 24.2 Å². The highest BCUT2D eigenvalue weighted by atomic mass is 16.4. The SMILES string of the molecule is CC(=O)N1CCN(Cc2cccc(C(=O)O)c2)CC1c1ccccc1. The molecule has 5 heteroatoms. The lowest BCUT2D eigenvalue weighted by Gasteiger charge is -2.41. The highest BCUT2D eigenvalue weighted by Gasteiger charge is 2.29. The van der Waals surface area contributed by atoms with Crippen molar-refractivity contribution >= 4 is 11.9 Å². The summed E-state index contributed by atoms with van der Waals surface area (Å²) in [6, 6.07) is 17.1. The summed E-state index contributed by atoms with van der Waals surface area (Å²) in [6.07, 6.45) is 0. The van der Waals surface area contributed by atoms with Crippen molar-refractivity contribution in [2.45, 2.75) is 19.5 Å². The normalized spacial score (nSPS) is 18.1. The summed E-state index contributed by atoms with van der Waals surface area (Å²) in [5.74, 6) is -0.827. The summed E-state index contributed by atoms with van der Waals surface area (Å²) < 4.78 is 0. The molecule has 0 spiro atoms. The maximum atomic E-state index is 12.0. The molecule has 0 bridgehead atoms. The van der Waals surface area contributed by atoms with Gasteiger partial charge < -0.3 is 10.0 Å². The highest BCUT2D eigenvalue weighted by molar-refractivity contribution is 5.87. The molecule has 25 heavy (non-hydrogen) atoms. The fraction of sp³-hybridized carbons (Fsp3) is 0.300. The quantitative estimate of drug-likeness (QED) is 0.931. The molecule has 0 saturated carbocycles. The van der Waals surface area contributed by atoms with Crippen LogP contribution in [0.2, 0.25) is 0 Å². The Hall–Kier alpha value is -2.66. The molecule has 0 aromatic heterocycles. The van der Waals surface area contributed by atoms with E-state index < -0.39 is 5.97 Å². The van der Waals surface area contributed by atoms with E-state index in [0.29, 0.717) is 18.7 Å². The van der Waals surface area contributed by atoms with Crippen molar-refractivity contribution in [2.24, 2.45) is 0 Å². The van der Waals surface area contributed by atoms with Crippen LogP contribution in [0.25, 0.3) is 0 Å². The summed E-state index contributed by atoms with van der Waals surface area (Å²) >= 11 is 0. The molecule has 2 aromatic carbocycles. The lowest BCUT2D eigenvalue weighted by molar-refractivity contribution is -0.134. The maximum absolute atomic E-state index is 12.0. The molecular weight excluding hydrogens is 316 g/mol. The van der Waals surface area contributed by atoms with E-state index in [9.17, 15) is 9.59 Å². The van der Waals surface area contributed by atoms with Gasteiger partial charge in [0.15, 0.2) is 0 Å². The number of hydrogen-bond donors (Lipinski definition) is 1. The van der Waals surface area contributed by atoms with Gasteiger partial charge in [-0.25, -0.2) is 4.79 Å². The summed E-state index contributed by atoms with van der Waals surface area (Å²) in [6.45, 7) is 4.48. The van der Waals surface area contributed by atoms with E-state index in [1.165, 1.54) is 0 Å². The fourth-order valence-corrected chi connectivity index (χ4v) is 3.38. The number of rotatable bonds is 4. The van der Waals surface area contributed by atoms with Gasteiger partial charge in [-0.1, -0.05) is 42.5 Å². The van der Waals surface area contributed by atoms with Crippen molar-refractivity contribution in [1.29, 1.82) is 0 Å². The summed E-state index contributed by atoms with van der Waals surface area (Å²) in [5, 5.41) is 9.14. The van der Waals surface area contributed by atoms with E-state index in [-0.39, 0.29) is 11.9 Å². The Kier molecular flexibility index (Phi) is 5.14. The maximum Gasteiger partial charge on any atom is 0.335 e. The largest absolute Gasteiger partial charge is 0.478 e. The van der Waals surface area contributed by atoms with Crippen molar-refractivity contribution in [3.8, 4) is 0 Å². The second-order valence-corrected chi connectivity index (χ2v) is 6.38. The Balaban J connectivity index is 1.77. The molecule has 1 atom stereocenters. The summed E-state index contributed by atoms with van der Waals surface area (Å²) in [4.78, 5) is 27.3. The van der Waals surface area contributed by atoms with Crippen LogP contribution in [-0.4, -0.2) is 46.4 Å². The molecule has 130 valence electrons. The lowest BCUT2D eigenvalue weighted by Crippen LogP contribution is -2.49. The molecule has 1 saturated heterocycles. The molecule has 3 rings (SSSR count). The van der Waals surface area contributed by atoms with E-state index in [1.807, 2.05) is 29.2 Å². The minimum Gasteiger partial charge on any atom is -0.478 e. The van der Waals surface area contributed by atoms with Crippen LogP contribution in [0.4, 0.5) is 0 Å². The van der Waals surface area contributed by atoms with Gasteiger partial charge in [0, 0.05) is 33.1 Å². The summed E-state index contributed by atoms with van der Waals surface area (Å²) in [7, 11) is 0. The van der Waals surface area contributed by atoms with Crippen molar-refractivity contribution < 1.29 is 14.7 Å².